The Bertz CT molecular complexity index is 388. The Kier molecular flexibility index (Phi) is 3.23. The molecule has 0 saturated carbocycles. The number of hydrogen-bond acceptors (Lipinski definition) is 1. The van der Waals surface area contributed by atoms with Crippen molar-refractivity contribution in [1.82, 2.24) is 0 Å². The van der Waals surface area contributed by atoms with Crippen molar-refractivity contribution in [3.05, 3.63) is 41.5 Å². The fourth-order valence-corrected chi connectivity index (χ4v) is 1.68. The minimum Gasteiger partial charge on any atom is -0.493 e. The molecule has 1 heteroatoms. The third-order valence-corrected chi connectivity index (χ3v) is 2.42. The van der Waals surface area contributed by atoms with Crippen LogP contribution in [0.2, 0.25) is 0 Å². The summed E-state index contributed by atoms with van der Waals surface area (Å²) in [6, 6.07) is 6.21. The number of allylic oxidation sites excluding steroid dienone is 2. The zero-order valence-electron chi connectivity index (χ0n) is 9.07. The molecular weight excluding hydrogens is 184 g/mol. The SMILES string of the molecule is CCCOc1cccc2c1C=CCC=C2. The van der Waals surface area contributed by atoms with Gasteiger partial charge >= 0.3 is 0 Å². The van der Waals surface area contributed by atoms with Gasteiger partial charge in [0, 0.05) is 5.56 Å². The first-order valence-electron chi connectivity index (χ1n) is 5.50. The zero-order chi connectivity index (χ0) is 10.5. The molecule has 0 spiro atoms. The van der Waals surface area contributed by atoms with Crippen molar-refractivity contribution < 1.29 is 4.74 Å². The number of rotatable bonds is 3. The van der Waals surface area contributed by atoms with Gasteiger partial charge in [-0.1, -0.05) is 43.4 Å². The van der Waals surface area contributed by atoms with E-state index < -0.39 is 0 Å². The molecule has 0 heterocycles. The first kappa shape index (κ1) is 10.0. The Morgan fingerprint density at radius 2 is 2.07 bits per heavy atom. The molecule has 0 bridgehead atoms. The fraction of sp³-hybridized carbons (Fsp3) is 0.286. The third kappa shape index (κ3) is 2.30. The average Bonchev–Trinajstić information content (AvgIpc) is 2.51. The van der Waals surface area contributed by atoms with Crippen LogP contribution in [0.15, 0.2) is 30.4 Å². The molecule has 0 fully saturated rings. The van der Waals surface area contributed by atoms with Crippen LogP contribution in [-0.2, 0) is 0 Å². The second-order valence-electron chi connectivity index (χ2n) is 3.65. The van der Waals surface area contributed by atoms with Gasteiger partial charge in [-0.2, -0.15) is 0 Å². The molecule has 0 amide bonds. The molecule has 0 N–H and O–H groups in total. The summed E-state index contributed by atoms with van der Waals surface area (Å²) in [5.41, 5.74) is 2.46. The fourth-order valence-electron chi connectivity index (χ4n) is 1.68. The van der Waals surface area contributed by atoms with Gasteiger partial charge in [-0.25, -0.2) is 0 Å². The summed E-state index contributed by atoms with van der Waals surface area (Å²) in [7, 11) is 0. The molecule has 0 aromatic heterocycles. The number of fused-ring (bicyclic) bond motifs is 1. The molecule has 1 aliphatic rings. The highest BCUT2D eigenvalue weighted by Gasteiger charge is 2.05. The van der Waals surface area contributed by atoms with Gasteiger partial charge in [0.1, 0.15) is 5.75 Å². The molecule has 0 radical (unpaired) electrons. The van der Waals surface area contributed by atoms with Crippen LogP contribution in [0.4, 0.5) is 0 Å². The smallest absolute Gasteiger partial charge is 0.127 e. The highest BCUT2D eigenvalue weighted by atomic mass is 16.5. The molecule has 0 unspecified atom stereocenters. The highest BCUT2D eigenvalue weighted by molar-refractivity contribution is 5.71. The van der Waals surface area contributed by atoms with Crippen LogP contribution < -0.4 is 4.74 Å². The Morgan fingerprint density at radius 3 is 2.93 bits per heavy atom. The maximum atomic E-state index is 5.72. The van der Waals surface area contributed by atoms with Crippen LogP contribution in [0.25, 0.3) is 12.2 Å². The normalized spacial score (nSPS) is 13.4. The lowest BCUT2D eigenvalue weighted by atomic mass is 10.1. The lowest BCUT2D eigenvalue weighted by Crippen LogP contribution is -1.97. The molecule has 0 aliphatic heterocycles. The van der Waals surface area contributed by atoms with Crippen molar-refractivity contribution in [2.24, 2.45) is 0 Å². The summed E-state index contributed by atoms with van der Waals surface area (Å²) < 4.78 is 5.72. The molecule has 78 valence electrons. The van der Waals surface area contributed by atoms with Gasteiger partial charge in [0.25, 0.3) is 0 Å². The second-order valence-corrected chi connectivity index (χ2v) is 3.65. The third-order valence-electron chi connectivity index (χ3n) is 2.42. The lowest BCUT2D eigenvalue weighted by molar-refractivity contribution is 0.317. The van der Waals surface area contributed by atoms with E-state index in [4.69, 9.17) is 4.74 Å². The van der Waals surface area contributed by atoms with E-state index in [2.05, 4.69) is 37.3 Å². The van der Waals surface area contributed by atoms with Gasteiger partial charge < -0.3 is 4.74 Å². The minimum atomic E-state index is 0.786. The summed E-state index contributed by atoms with van der Waals surface area (Å²) in [4.78, 5) is 0. The van der Waals surface area contributed by atoms with E-state index >= 15 is 0 Å². The van der Waals surface area contributed by atoms with E-state index in [1.54, 1.807) is 0 Å². The first-order valence-corrected chi connectivity index (χ1v) is 5.50. The molecule has 1 aromatic rings. The average molecular weight is 200 g/mol. The predicted molar refractivity (Wildman–Crippen MR) is 64.9 cm³/mol. The predicted octanol–water partition coefficient (Wildman–Crippen LogP) is 3.91. The van der Waals surface area contributed by atoms with Crippen molar-refractivity contribution >= 4 is 12.2 Å². The van der Waals surface area contributed by atoms with E-state index in [1.807, 2.05) is 12.1 Å². The highest BCUT2D eigenvalue weighted by Crippen LogP contribution is 2.27. The summed E-state index contributed by atoms with van der Waals surface area (Å²) >= 11 is 0. The molecule has 0 saturated heterocycles. The van der Waals surface area contributed by atoms with E-state index in [-0.39, 0.29) is 0 Å². The van der Waals surface area contributed by atoms with Gasteiger partial charge in [0.2, 0.25) is 0 Å². The zero-order valence-corrected chi connectivity index (χ0v) is 9.07. The summed E-state index contributed by atoms with van der Waals surface area (Å²) in [6.45, 7) is 2.91. The Balaban J connectivity index is 2.35. The standard InChI is InChI=1S/C14H16O/c1-2-11-15-14-10-6-8-12-7-4-3-5-9-13(12)14/h4-10H,2-3,11H2,1H3. The summed E-state index contributed by atoms with van der Waals surface area (Å²) in [5, 5.41) is 0. The second kappa shape index (κ2) is 4.83. The van der Waals surface area contributed by atoms with Crippen LogP contribution >= 0.6 is 0 Å². The molecule has 1 aromatic carbocycles. The molecule has 1 aliphatic carbocycles. The van der Waals surface area contributed by atoms with E-state index in [9.17, 15) is 0 Å². The quantitative estimate of drug-likeness (QED) is 0.719. The summed E-state index contributed by atoms with van der Waals surface area (Å²) in [5.74, 6) is 0.997. The van der Waals surface area contributed by atoms with Crippen molar-refractivity contribution in [3.8, 4) is 5.75 Å². The Hall–Kier alpha value is -1.50. The first-order chi connectivity index (χ1) is 7.42. The van der Waals surface area contributed by atoms with E-state index in [1.165, 1.54) is 11.1 Å². The molecule has 1 nitrogen and oxygen atoms in total. The van der Waals surface area contributed by atoms with Crippen molar-refractivity contribution in [2.45, 2.75) is 19.8 Å². The van der Waals surface area contributed by atoms with Gasteiger partial charge in [0.15, 0.2) is 0 Å². The van der Waals surface area contributed by atoms with Crippen LogP contribution in [0, 0.1) is 0 Å². The number of benzene rings is 1. The number of hydrogen-bond donors (Lipinski definition) is 0. The van der Waals surface area contributed by atoms with Gasteiger partial charge in [0.05, 0.1) is 6.61 Å². The van der Waals surface area contributed by atoms with E-state index in [0.29, 0.717) is 0 Å². The minimum absolute atomic E-state index is 0.786. The van der Waals surface area contributed by atoms with Crippen LogP contribution in [0.3, 0.4) is 0 Å². The topological polar surface area (TPSA) is 9.23 Å². The van der Waals surface area contributed by atoms with Gasteiger partial charge in [-0.05, 0) is 24.5 Å². The summed E-state index contributed by atoms with van der Waals surface area (Å²) in [6.07, 6.45) is 10.7. The van der Waals surface area contributed by atoms with Crippen LogP contribution in [-0.4, -0.2) is 6.61 Å². The van der Waals surface area contributed by atoms with Crippen molar-refractivity contribution in [1.29, 1.82) is 0 Å². The molecule has 0 atom stereocenters. The van der Waals surface area contributed by atoms with Crippen molar-refractivity contribution in [2.75, 3.05) is 6.61 Å². The maximum absolute atomic E-state index is 5.72. The molecular formula is C14H16O. The van der Waals surface area contributed by atoms with Gasteiger partial charge in [-0.3, -0.25) is 0 Å². The van der Waals surface area contributed by atoms with Gasteiger partial charge in [-0.15, -0.1) is 0 Å². The monoisotopic (exact) mass is 200 g/mol. The van der Waals surface area contributed by atoms with E-state index in [0.717, 1.165) is 25.2 Å². The largest absolute Gasteiger partial charge is 0.493 e. The molecule has 15 heavy (non-hydrogen) atoms. The molecule has 2 rings (SSSR count). The Morgan fingerprint density at radius 1 is 1.20 bits per heavy atom. The van der Waals surface area contributed by atoms with Crippen LogP contribution in [0.5, 0.6) is 5.75 Å². The van der Waals surface area contributed by atoms with Crippen molar-refractivity contribution in [3.63, 3.8) is 0 Å². The maximum Gasteiger partial charge on any atom is 0.127 e. The lowest BCUT2D eigenvalue weighted by Gasteiger charge is -2.10. The Labute approximate surface area is 91.1 Å². The number of ether oxygens (including phenoxy) is 1. The van der Waals surface area contributed by atoms with Crippen LogP contribution in [0.1, 0.15) is 30.9 Å².